The van der Waals surface area contributed by atoms with Crippen LogP contribution in [-0.4, -0.2) is 53.8 Å². The van der Waals surface area contributed by atoms with Crippen LogP contribution >= 0.6 is 0 Å². The van der Waals surface area contributed by atoms with Crippen LogP contribution in [0.4, 0.5) is 4.79 Å². The van der Waals surface area contributed by atoms with Crippen molar-refractivity contribution >= 4 is 23.7 Å². The summed E-state index contributed by atoms with van der Waals surface area (Å²) >= 11 is 0. The molecule has 2 unspecified atom stereocenters. The Labute approximate surface area is 176 Å². The number of nitrogens with zero attached hydrogens (tertiary/aromatic N) is 1. The van der Waals surface area contributed by atoms with E-state index in [9.17, 15) is 14.4 Å². The van der Waals surface area contributed by atoms with Crippen molar-refractivity contribution in [2.24, 2.45) is 39.7 Å². The first-order valence-corrected chi connectivity index (χ1v) is 10.3. The van der Waals surface area contributed by atoms with E-state index in [2.05, 4.69) is 38.2 Å². The summed E-state index contributed by atoms with van der Waals surface area (Å²) in [4.78, 5) is 34.5. The Morgan fingerprint density at radius 1 is 1.10 bits per heavy atom. The van der Waals surface area contributed by atoms with E-state index in [1.54, 1.807) is 20.8 Å². The number of alkyl carbamates (subject to hydrolysis) is 1. The van der Waals surface area contributed by atoms with Gasteiger partial charge in [0.2, 0.25) is 0 Å². The normalized spacial score (nSPS) is 36.1. The number of hydrogen-bond donors (Lipinski definition) is 2. The number of esters is 2. The van der Waals surface area contributed by atoms with Crippen molar-refractivity contribution in [2.45, 2.75) is 60.1 Å². The van der Waals surface area contributed by atoms with Crippen LogP contribution in [-0.2, 0) is 23.8 Å². The molecule has 4 rings (SSSR count). The second kappa shape index (κ2) is 7.13. The first-order valence-electron chi connectivity index (χ1n) is 10.3. The lowest BCUT2D eigenvalue weighted by Crippen LogP contribution is -2.48. The molecular weight excluding hydrogens is 392 g/mol. The minimum absolute atomic E-state index is 0.0475. The zero-order chi connectivity index (χ0) is 22.6. The third-order valence-electron chi connectivity index (χ3n) is 6.89. The van der Waals surface area contributed by atoms with E-state index in [4.69, 9.17) is 19.4 Å². The lowest BCUT2D eigenvalue weighted by Gasteiger charge is -2.25. The highest BCUT2D eigenvalue weighted by molar-refractivity contribution is 6.38. The quantitative estimate of drug-likeness (QED) is 0.287. The van der Waals surface area contributed by atoms with Gasteiger partial charge in [0.15, 0.2) is 5.71 Å². The number of cyclic esters (lactones) is 2. The predicted octanol–water partition coefficient (Wildman–Crippen LogP) is 2.35. The van der Waals surface area contributed by atoms with Crippen molar-refractivity contribution in [1.29, 1.82) is 0 Å². The molecule has 2 N–H and O–H groups in total. The molecule has 0 aromatic heterocycles. The molecule has 0 aromatic carbocycles. The monoisotopic (exact) mass is 424 g/mol. The molecule has 0 radical (unpaired) electrons. The van der Waals surface area contributed by atoms with E-state index in [-0.39, 0.29) is 34.3 Å². The fourth-order valence-electron chi connectivity index (χ4n) is 4.83. The van der Waals surface area contributed by atoms with Crippen molar-refractivity contribution < 1.29 is 33.8 Å². The number of nitrogens with one attached hydrogen (secondary N) is 1. The number of oxime groups is 1. The summed E-state index contributed by atoms with van der Waals surface area (Å²) in [5, 5.41) is 14.2. The summed E-state index contributed by atoms with van der Waals surface area (Å²) in [6.07, 6.45) is -0.562. The number of rotatable bonds is 1. The van der Waals surface area contributed by atoms with Crippen molar-refractivity contribution in [3.05, 3.63) is 0 Å². The predicted molar refractivity (Wildman–Crippen MR) is 106 cm³/mol. The Morgan fingerprint density at radius 2 is 1.70 bits per heavy atom. The highest BCUT2D eigenvalue weighted by atomic mass is 16.6. The zero-order valence-corrected chi connectivity index (χ0v) is 18.6. The highest BCUT2D eigenvalue weighted by Crippen LogP contribution is 2.62. The third-order valence-corrected chi connectivity index (χ3v) is 6.89. The molecule has 9 nitrogen and oxygen atoms in total. The van der Waals surface area contributed by atoms with E-state index in [1.165, 1.54) is 0 Å². The van der Waals surface area contributed by atoms with Gasteiger partial charge >= 0.3 is 18.0 Å². The van der Waals surface area contributed by atoms with Gasteiger partial charge in [-0.1, -0.05) is 32.9 Å². The molecule has 30 heavy (non-hydrogen) atoms. The van der Waals surface area contributed by atoms with Crippen LogP contribution in [0, 0.1) is 34.5 Å². The molecule has 168 valence electrons. The minimum Gasteiger partial charge on any atom is -0.464 e. The van der Waals surface area contributed by atoms with Gasteiger partial charge in [0.1, 0.15) is 11.6 Å². The maximum absolute atomic E-state index is 11.7. The maximum atomic E-state index is 11.7. The SMILES string of the molecule is CC(C)(C)OC(=O)N[C@@H]1C(=O)OCC2[C@@H]1C2(C)C.CC1(C)C2COC(=O)/C(=N\O)[C@H]21. The van der Waals surface area contributed by atoms with E-state index < -0.39 is 23.7 Å². The molecule has 2 aliphatic carbocycles. The average Bonchev–Trinajstić information content (AvgIpc) is 3.38. The number of amides is 1. The van der Waals surface area contributed by atoms with E-state index in [1.807, 2.05) is 0 Å². The lowest BCUT2D eigenvalue weighted by atomic mass is 10.0. The van der Waals surface area contributed by atoms with Crippen LogP contribution < -0.4 is 5.32 Å². The largest absolute Gasteiger partial charge is 0.464 e. The Balaban J connectivity index is 0.000000184. The molecule has 0 bridgehead atoms. The van der Waals surface area contributed by atoms with Crippen LogP contribution in [0.5, 0.6) is 0 Å². The van der Waals surface area contributed by atoms with Crippen LogP contribution in [0.3, 0.4) is 0 Å². The van der Waals surface area contributed by atoms with E-state index >= 15 is 0 Å². The summed E-state index contributed by atoms with van der Waals surface area (Å²) in [5.41, 5.74) is -0.267. The van der Waals surface area contributed by atoms with Gasteiger partial charge < -0.3 is 24.7 Å². The number of carbonyl (C=O) groups excluding carboxylic acids is 3. The summed E-state index contributed by atoms with van der Waals surface area (Å²) in [6, 6.07) is -0.575. The average molecular weight is 424 g/mol. The van der Waals surface area contributed by atoms with Gasteiger partial charge in [-0.05, 0) is 31.6 Å². The van der Waals surface area contributed by atoms with Gasteiger partial charge in [0, 0.05) is 23.7 Å². The summed E-state index contributed by atoms with van der Waals surface area (Å²) in [7, 11) is 0. The molecule has 4 fully saturated rings. The van der Waals surface area contributed by atoms with E-state index in [0.29, 0.717) is 25.0 Å². The molecule has 4 aliphatic rings. The zero-order valence-electron chi connectivity index (χ0n) is 18.6. The van der Waals surface area contributed by atoms with Crippen LogP contribution in [0.15, 0.2) is 5.16 Å². The summed E-state index contributed by atoms with van der Waals surface area (Å²) in [6.45, 7) is 14.6. The third kappa shape index (κ3) is 3.98. The molecule has 2 heterocycles. The first kappa shape index (κ1) is 22.4. The maximum Gasteiger partial charge on any atom is 0.408 e. The van der Waals surface area contributed by atoms with Gasteiger partial charge in [-0.15, -0.1) is 0 Å². The van der Waals surface area contributed by atoms with Crippen molar-refractivity contribution in [3.8, 4) is 0 Å². The number of ether oxygens (including phenoxy) is 3. The fourth-order valence-corrected chi connectivity index (χ4v) is 4.83. The molecule has 2 saturated carbocycles. The smallest absolute Gasteiger partial charge is 0.408 e. The van der Waals surface area contributed by atoms with Crippen LogP contribution in [0.2, 0.25) is 0 Å². The Hall–Kier alpha value is -2.32. The van der Waals surface area contributed by atoms with Gasteiger partial charge in [-0.3, -0.25) is 0 Å². The highest BCUT2D eigenvalue weighted by Gasteiger charge is 2.66. The molecular formula is C21H32N2O7. The van der Waals surface area contributed by atoms with E-state index in [0.717, 1.165) is 0 Å². The number of fused-ring (bicyclic) bond motifs is 2. The van der Waals surface area contributed by atoms with Crippen LogP contribution in [0.25, 0.3) is 0 Å². The Morgan fingerprint density at radius 3 is 2.23 bits per heavy atom. The van der Waals surface area contributed by atoms with Crippen molar-refractivity contribution in [1.82, 2.24) is 5.32 Å². The Bertz CT molecular complexity index is 781. The molecule has 1 amide bonds. The summed E-state index contributed by atoms with van der Waals surface area (Å²) < 4.78 is 15.1. The van der Waals surface area contributed by atoms with Crippen molar-refractivity contribution in [3.63, 3.8) is 0 Å². The summed E-state index contributed by atoms with van der Waals surface area (Å²) in [5.74, 6) is 0.128. The van der Waals surface area contributed by atoms with Crippen molar-refractivity contribution in [2.75, 3.05) is 13.2 Å². The number of hydrogen-bond acceptors (Lipinski definition) is 8. The lowest BCUT2D eigenvalue weighted by molar-refractivity contribution is -0.150. The van der Waals surface area contributed by atoms with Gasteiger partial charge in [-0.2, -0.15) is 0 Å². The second-order valence-electron chi connectivity index (χ2n) is 10.7. The molecule has 5 atom stereocenters. The molecule has 2 aliphatic heterocycles. The second-order valence-corrected chi connectivity index (χ2v) is 10.7. The molecule has 9 heteroatoms. The minimum atomic E-state index is -0.575. The van der Waals surface area contributed by atoms with Gasteiger partial charge in [-0.25, -0.2) is 14.4 Å². The first-order chi connectivity index (χ1) is 13.7. The van der Waals surface area contributed by atoms with Crippen LogP contribution in [0.1, 0.15) is 48.5 Å². The molecule has 2 saturated heterocycles. The molecule has 0 aromatic rings. The molecule has 0 spiro atoms. The van der Waals surface area contributed by atoms with Gasteiger partial charge in [0.25, 0.3) is 0 Å². The topological polar surface area (TPSA) is 124 Å². The Kier molecular flexibility index (Phi) is 5.31. The standard InChI is InChI=1S/C13H21NO4.C8H11NO3/c1-12(2,3)18-11(16)14-9-8-7(13(8,4)5)6-17-10(9)15;1-8(2)4-3-12-7(10)6(9-11)5(4)8/h7-9H,6H2,1-5H3,(H,14,16);4-5,11H,3H2,1-2H3/b;9-6-/t7?,8-,9-;4?,5-/m00/s1. The number of carbonyl (C=O) groups is 3. The van der Waals surface area contributed by atoms with Gasteiger partial charge in [0.05, 0.1) is 13.2 Å². The fraction of sp³-hybridized carbons (Fsp3) is 0.810.